The van der Waals surface area contributed by atoms with Gasteiger partial charge in [-0.2, -0.15) is 0 Å². The van der Waals surface area contributed by atoms with Crippen LogP contribution in [-0.2, 0) is 4.74 Å². The van der Waals surface area contributed by atoms with Gasteiger partial charge >= 0.3 is 5.97 Å². The van der Waals surface area contributed by atoms with Crippen LogP contribution in [0.4, 0.5) is 11.5 Å². The third-order valence-corrected chi connectivity index (χ3v) is 3.68. The van der Waals surface area contributed by atoms with Crippen LogP contribution in [0.1, 0.15) is 47.9 Å². The molecule has 6 nitrogen and oxygen atoms in total. The third-order valence-electron chi connectivity index (χ3n) is 3.68. The molecule has 2 aromatic rings. The zero-order valence-electron chi connectivity index (χ0n) is 14.7. The molecular weight excluding hydrogens is 318 g/mol. The largest absolute Gasteiger partial charge is 0.462 e. The number of anilines is 2. The van der Waals surface area contributed by atoms with Crippen molar-refractivity contribution < 1.29 is 14.3 Å². The molecule has 0 saturated heterocycles. The summed E-state index contributed by atoms with van der Waals surface area (Å²) in [5.41, 5.74) is 1.79. The first kappa shape index (κ1) is 18.4. The maximum Gasteiger partial charge on any atom is 0.338 e. The molecule has 1 unspecified atom stereocenters. The maximum absolute atomic E-state index is 12.2. The molecule has 0 saturated carbocycles. The highest BCUT2D eigenvalue weighted by molar-refractivity contribution is 5.95. The van der Waals surface area contributed by atoms with Crippen LogP contribution in [0.5, 0.6) is 0 Å². The number of nitrogens with one attached hydrogen (secondary N) is 2. The summed E-state index contributed by atoms with van der Waals surface area (Å²) in [6.45, 7) is 6.09. The molecule has 0 aliphatic heterocycles. The Morgan fingerprint density at radius 2 is 1.84 bits per heavy atom. The monoisotopic (exact) mass is 341 g/mol. The second kappa shape index (κ2) is 8.82. The summed E-state index contributed by atoms with van der Waals surface area (Å²) in [7, 11) is 0. The summed E-state index contributed by atoms with van der Waals surface area (Å²) < 4.78 is 4.95. The Kier molecular flexibility index (Phi) is 6.51. The highest BCUT2D eigenvalue weighted by Crippen LogP contribution is 2.17. The van der Waals surface area contributed by atoms with E-state index in [1.165, 1.54) is 0 Å². The Labute approximate surface area is 147 Å². The van der Waals surface area contributed by atoms with Crippen molar-refractivity contribution in [1.82, 2.24) is 10.3 Å². The predicted molar refractivity (Wildman–Crippen MR) is 97.1 cm³/mol. The standard InChI is InChI=1S/C19H23N3O3/c1-4-13(3)21-18(23)15-10-11-20-17(12-15)22-16-8-6-14(7-9-16)19(24)25-5-2/h6-13H,4-5H2,1-3H3,(H,20,22)(H,21,23). The second-order valence-corrected chi connectivity index (χ2v) is 5.64. The number of esters is 1. The molecule has 25 heavy (non-hydrogen) atoms. The summed E-state index contributed by atoms with van der Waals surface area (Å²) >= 11 is 0. The average Bonchev–Trinajstić information content (AvgIpc) is 2.62. The van der Waals surface area contributed by atoms with Crippen molar-refractivity contribution >= 4 is 23.4 Å². The van der Waals surface area contributed by atoms with Crippen LogP contribution in [0.2, 0.25) is 0 Å². The minimum Gasteiger partial charge on any atom is -0.462 e. The first-order valence-corrected chi connectivity index (χ1v) is 8.34. The summed E-state index contributed by atoms with van der Waals surface area (Å²) in [5, 5.41) is 6.04. The number of nitrogens with zero attached hydrogens (tertiary/aromatic N) is 1. The van der Waals surface area contributed by atoms with Crippen molar-refractivity contribution in [3.8, 4) is 0 Å². The fraction of sp³-hybridized carbons (Fsp3) is 0.316. The van der Waals surface area contributed by atoms with Gasteiger partial charge in [-0.15, -0.1) is 0 Å². The number of hydrogen-bond acceptors (Lipinski definition) is 5. The van der Waals surface area contributed by atoms with Gasteiger partial charge in [0.2, 0.25) is 0 Å². The van der Waals surface area contributed by atoms with E-state index in [4.69, 9.17) is 4.74 Å². The van der Waals surface area contributed by atoms with Crippen LogP contribution in [-0.4, -0.2) is 29.5 Å². The van der Waals surface area contributed by atoms with Gasteiger partial charge in [-0.1, -0.05) is 6.92 Å². The highest BCUT2D eigenvalue weighted by Gasteiger charge is 2.10. The highest BCUT2D eigenvalue weighted by atomic mass is 16.5. The van der Waals surface area contributed by atoms with Gasteiger partial charge < -0.3 is 15.4 Å². The van der Waals surface area contributed by atoms with Gasteiger partial charge in [0.15, 0.2) is 0 Å². The molecular formula is C19H23N3O3. The summed E-state index contributed by atoms with van der Waals surface area (Å²) in [6, 6.07) is 10.4. The molecule has 1 aromatic carbocycles. The van der Waals surface area contributed by atoms with Gasteiger partial charge in [0.25, 0.3) is 5.91 Å². The number of rotatable bonds is 7. The van der Waals surface area contributed by atoms with Gasteiger partial charge in [0.05, 0.1) is 12.2 Å². The minimum absolute atomic E-state index is 0.118. The van der Waals surface area contributed by atoms with Crippen LogP contribution < -0.4 is 10.6 Å². The molecule has 2 rings (SSSR count). The first-order valence-electron chi connectivity index (χ1n) is 8.34. The van der Waals surface area contributed by atoms with Crippen molar-refractivity contribution in [2.45, 2.75) is 33.2 Å². The summed E-state index contributed by atoms with van der Waals surface area (Å²) in [6.07, 6.45) is 2.45. The summed E-state index contributed by atoms with van der Waals surface area (Å²) in [4.78, 5) is 28.0. The van der Waals surface area contributed by atoms with Gasteiger partial charge in [-0.05, 0) is 56.7 Å². The molecule has 1 atom stereocenters. The predicted octanol–water partition coefficient (Wildman–Crippen LogP) is 3.53. The number of carbonyl (C=O) groups excluding carboxylic acids is 2. The van der Waals surface area contributed by atoms with E-state index in [9.17, 15) is 9.59 Å². The quantitative estimate of drug-likeness (QED) is 0.753. The number of hydrogen-bond donors (Lipinski definition) is 2. The molecule has 1 heterocycles. The zero-order valence-corrected chi connectivity index (χ0v) is 14.7. The summed E-state index contributed by atoms with van der Waals surface area (Å²) in [5.74, 6) is 0.0778. The lowest BCUT2D eigenvalue weighted by Crippen LogP contribution is -2.31. The van der Waals surface area contributed by atoms with Crippen molar-refractivity contribution in [2.75, 3.05) is 11.9 Å². The number of ether oxygens (including phenoxy) is 1. The Hall–Kier alpha value is -2.89. The van der Waals surface area contributed by atoms with E-state index in [-0.39, 0.29) is 17.9 Å². The number of carbonyl (C=O) groups is 2. The lowest BCUT2D eigenvalue weighted by molar-refractivity contribution is 0.0526. The van der Waals surface area contributed by atoms with Crippen molar-refractivity contribution in [2.24, 2.45) is 0 Å². The van der Waals surface area contributed by atoms with Crippen LogP contribution in [0.3, 0.4) is 0 Å². The van der Waals surface area contributed by atoms with Crippen LogP contribution >= 0.6 is 0 Å². The minimum atomic E-state index is -0.351. The van der Waals surface area contributed by atoms with E-state index in [0.29, 0.717) is 23.6 Å². The van der Waals surface area contributed by atoms with Crippen molar-refractivity contribution in [3.05, 3.63) is 53.7 Å². The van der Waals surface area contributed by atoms with Gasteiger partial charge in [0.1, 0.15) is 5.82 Å². The van der Waals surface area contributed by atoms with E-state index in [1.807, 2.05) is 13.8 Å². The number of aromatic nitrogens is 1. The first-order chi connectivity index (χ1) is 12.0. The van der Waals surface area contributed by atoms with Gasteiger partial charge in [0, 0.05) is 23.5 Å². The smallest absolute Gasteiger partial charge is 0.338 e. The molecule has 6 heteroatoms. The normalized spacial score (nSPS) is 11.5. The van der Waals surface area contributed by atoms with E-state index in [0.717, 1.165) is 12.1 Å². The van der Waals surface area contributed by atoms with E-state index in [2.05, 4.69) is 15.6 Å². The van der Waals surface area contributed by atoms with Crippen molar-refractivity contribution in [3.63, 3.8) is 0 Å². The van der Waals surface area contributed by atoms with Crippen LogP contribution in [0.25, 0.3) is 0 Å². The lowest BCUT2D eigenvalue weighted by Gasteiger charge is -2.12. The molecule has 0 aliphatic rings. The van der Waals surface area contributed by atoms with Crippen LogP contribution in [0, 0.1) is 0 Å². The number of pyridine rings is 1. The molecule has 0 spiro atoms. The fourth-order valence-electron chi connectivity index (χ4n) is 2.10. The Balaban J connectivity index is 2.06. The fourth-order valence-corrected chi connectivity index (χ4v) is 2.10. The molecule has 0 aliphatic carbocycles. The Morgan fingerprint density at radius 1 is 1.12 bits per heavy atom. The Bertz CT molecular complexity index is 729. The topological polar surface area (TPSA) is 80.3 Å². The van der Waals surface area contributed by atoms with Gasteiger partial charge in [-0.3, -0.25) is 4.79 Å². The molecule has 0 fully saturated rings. The molecule has 0 radical (unpaired) electrons. The maximum atomic E-state index is 12.2. The van der Waals surface area contributed by atoms with Gasteiger partial charge in [-0.25, -0.2) is 9.78 Å². The van der Waals surface area contributed by atoms with E-state index >= 15 is 0 Å². The zero-order chi connectivity index (χ0) is 18.2. The average molecular weight is 341 g/mol. The number of amides is 1. The van der Waals surface area contributed by atoms with E-state index < -0.39 is 0 Å². The SMILES string of the molecule is CCOC(=O)c1ccc(Nc2cc(C(=O)NC(C)CC)ccn2)cc1. The Morgan fingerprint density at radius 3 is 2.48 bits per heavy atom. The van der Waals surface area contributed by atoms with Crippen molar-refractivity contribution in [1.29, 1.82) is 0 Å². The second-order valence-electron chi connectivity index (χ2n) is 5.64. The molecule has 1 aromatic heterocycles. The van der Waals surface area contributed by atoms with Crippen LogP contribution in [0.15, 0.2) is 42.6 Å². The number of benzene rings is 1. The molecule has 1 amide bonds. The third kappa shape index (κ3) is 5.31. The molecule has 132 valence electrons. The van der Waals surface area contributed by atoms with E-state index in [1.54, 1.807) is 49.5 Å². The molecule has 0 bridgehead atoms. The molecule has 2 N–H and O–H groups in total. The lowest BCUT2D eigenvalue weighted by atomic mass is 10.2.